The molecule has 0 aromatic rings. The Morgan fingerprint density at radius 1 is 0.938 bits per heavy atom. The van der Waals surface area contributed by atoms with E-state index < -0.39 is 0 Å². The van der Waals surface area contributed by atoms with Crippen LogP contribution in [0.3, 0.4) is 0 Å². The molecule has 0 rings (SSSR count). The number of Topliss-reactive ketones (excluding diaryl/α,β-unsaturated/α-hetero) is 1. The Hall–Kier alpha value is -1.39. The van der Waals surface area contributed by atoms with E-state index in [2.05, 4.69) is 10.2 Å². The molecule has 0 saturated carbocycles. The molecule has 0 amide bonds. The van der Waals surface area contributed by atoms with Crippen LogP contribution in [0.4, 0.5) is 0 Å². The molecule has 0 aromatic carbocycles. The summed E-state index contributed by atoms with van der Waals surface area (Å²) in [5.41, 5.74) is 1.80. The molecule has 0 N–H and O–H groups in total. The van der Waals surface area contributed by atoms with Gasteiger partial charge in [-0.3, -0.25) is 4.79 Å². The lowest BCUT2D eigenvalue weighted by Gasteiger charge is -2.11. The van der Waals surface area contributed by atoms with Crippen molar-refractivity contribution >= 4 is 17.2 Å². The van der Waals surface area contributed by atoms with Crippen molar-refractivity contribution in [2.45, 2.75) is 26.7 Å². The molecule has 0 aromatic heterocycles. The lowest BCUT2D eigenvalue weighted by atomic mass is 10.1. The van der Waals surface area contributed by atoms with Crippen LogP contribution in [-0.2, 0) is 4.79 Å². The number of hydrogen-bond donors (Lipinski definition) is 0. The molecule has 0 aliphatic carbocycles. The van der Waals surface area contributed by atoms with Gasteiger partial charge < -0.3 is 10.0 Å². The van der Waals surface area contributed by atoms with Crippen LogP contribution < -0.4 is 0 Å². The van der Waals surface area contributed by atoms with Gasteiger partial charge in [-0.1, -0.05) is 0 Å². The van der Waals surface area contributed by atoms with Crippen molar-refractivity contribution in [3.8, 4) is 0 Å². The van der Waals surface area contributed by atoms with E-state index in [4.69, 9.17) is 0 Å². The first kappa shape index (κ1) is 14.6. The second-order valence-corrected chi connectivity index (χ2v) is 4.25. The van der Waals surface area contributed by atoms with Gasteiger partial charge in [0.15, 0.2) is 0 Å². The summed E-state index contributed by atoms with van der Waals surface area (Å²) in [6, 6.07) is 0. The summed E-state index contributed by atoms with van der Waals surface area (Å²) >= 11 is 0. The number of nitrogens with zero attached hydrogens (tertiary/aromatic N) is 4. The molecule has 5 heteroatoms. The zero-order valence-corrected chi connectivity index (χ0v) is 11.1. The first-order chi connectivity index (χ1) is 7.31. The molecule has 5 nitrogen and oxygen atoms in total. The number of carbonyl (C=O) groups is 1. The SMILES string of the molecule is CC(=O)CC(CC(C)=NN(C)C)=NN(C)C. The molecular formula is C11H22N4O. The van der Waals surface area contributed by atoms with Crippen LogP contribution in [0.5, 0.6) is 0 Å². The summed E-state index contributed by atoms with van der Waals surface area (Å²) in [4.78, 5) is 11.1. The molecule has 0 aliphatic rings. The Labute approximate surface area is 97.8 Å². The van der Waals surface area contributed by atoms with Gasteiger partial charge in [0.1, 0.15) is 5.78 Å². The number of hydrogen-bond acceptors (Lipinski definition) is 5. The minimum absolute atomic E-state index is 0.123. The fraction of sp³-hybridized carbons (Fsp3) is 0.727. The smallest absolute Gasteiger partial charge is 0.135 e. The lowest BCUT2D eigenvalue weighted by molar-refractivity contribution is -0.115. The second kappa shape index (κ2) is 6.98. The van der Waals surface area contributed by atoms with Gasteiger partial charge >= 0.3 is 0 Å². The molecule has 0 fully saturated rings. The van der Waals surface area contributed by atoms with Crippen LogP contribution in [0.15, 0.2) is 10.2 Å². The minimum atomic E-state index is 0.123. The molecule has 0 aliphatic heterocycles. The minimum Gasteiger partial charge on any atom is -0.303 e. The zero-order valence-electron chi connectivity index (χ0n) is 11.1. The van der Waals surface area contributed by atoms with E-state index in [1.807, 2.05) is 35.1 Å². The Morgan fingerprint density at radius 3 is 1.81 bits per heavy atom. The van der Waals surface area contributed by atoms with Crippen molar-refractivity contribution < 1.29 is 4.79 Å². The van der Waals surface area contributed by atoms with Crippen LogP contribution in [0.25, 0.3) is 0 Å². The third kappa shape index (κ3) is 7.96. The number of ketones is 1. The summed E-state index contributed by atoms with van der Waals surface area (Å²) in [6.45, 7) is 3.51. The van der Waals surface area contributed by atoms with Gasteiger partial charge in [-0.15, -0.1) is 0 Å². The van der Waals surface area contributed by atoms with Crippen LogP contribution in [0, 0.1) is 0 Å². The summed E-state index contributed by atoms with van der Waals surface area (Å²) in [5, 5.41) is 12.0. The Balaban J connectivity index is 4.61. The molecule has 0 unspecified atom stereocenters. The lowest BCUT2D eigenvalue weighted by Crippen LogP contribution is -2.16. The van der Waals surface area contributed by atoms with Crippen molar-refractivity contribution in [1.82, 2.24) is 10.0 Å². The van der Waals surface area contributed by atoms with Crippen molar-refractivity contribution in [2.75, 3.05) is 28.2 Å². The van der Waals surface area contributed by atoms with Crippen molar-refractivity contribution in [3.63, 3.8) is 0 Å². The maximum atomic E-state index is 11.1. The highest BCUT2D eigenvalue weighted by molar-refractivity contribution is 6.10. The van der Waals surface area contributed by atoms with E-state index in [9.17, 15) is 4.79 Å². The molecule has 0 heterocycles. The van der Waals surface area contributed by atoms with Gasteiger partial charge in [0, 0.05) is 46.7 Å². The molecule has 0 saturated heterocycles. The third-order valence-corrected chi connectivity index (χ3v) is 1.63. The van der Waals surface area contributed by atoms with E-state index in [1.165, 1.54) is 0 Å². The van der Waals surface area contributed by atoms with Crippen LogP contribution in [0.2, 0.25) is 0 Å². The van der Waals surface area contributed by atoms with Gasteiger partial charge in [0.2, 0.25) is 0 Å². The highest BCUT2D eigenvalue weighted by atomic mass is 16.1. The number of hydrazone groups is 2. The topological polar surface area (TPSA) is 48.3 Å². The van der Waals surface area contributed by atoms with Crippen LogP contribution >= 0.6 is 0 Å². The molecular weight excluding hydrogens is 204 g/mol. The Morgan fingerprint density at radius 2 is 1.44 bits per heavy atom. The van der Waals surface area contributed by atoms with Crippen molar-refractivity contribution in [2.24, 2.45) is 10.2 Å². The fourth-order valence-corrected chi connectivity index (χ4v) is 1.38. The zero-order chi connectivity index (χ0) is 12.7. The highest BCUT2D eigenvalue weighted by Gasteiger charge is 2.06. The van der Waals surface area contributed by atoms with Gasteiger partial charge in [-0.2, -0.15) is 10.2 Å². The van der Waals surface area contributed by atoms with Gasteiger partial charge in [0.25, 0.3) is 0 Å². The summed E-state index contributed by atoms with van der Waals surface area (Å²) < 4.78 is 0. The molecule has 92 valence electrons. The van der Waals surface area contributed by atoms with Crippen molar-refractivity contribution in [1.29, 1.82) is 0 Å². The second-order valence-electron chi connectivity index (χ2n) is 4.25. The molecule has 0 spiro atoms. The monoisotopic (exact) mass is 226 g/mol. The average Bonchev–Trinajstić information content (AvgIpc) is 1.97. The van der Waals surface area contributed by atoms with Crippen molar-refractivity contribution in [3.05, 3.63) is 0 Å². The van der Waals surface area contributed by atoms with E-state index in [-0.39, 0.29) is 5.78 Å². The largest absolute Gasteiger partial charge is 0.303 e. The molecule has 16 heavy (non-hydrogen) atoms. The van der Waals surface area contributed by atoms with E-state index in [0.29, 0.717) is 12.8 Å². The predicted octanol–water partition coefficient (Wildman–Crippen LogP) is 1.21. The Kier molecular flexibility index (Phi) is 6.37. The summed E-state index contributed by atoms with van der Waals surface area (Å²) in [6.07, 6.45) is 1.02. The molecule has 0 atom stereocenters. The van der Waals surface area contributed by atoms with E-state index in [1.54, 1.807) is 16.9 Å². The van der Waals surface area contributed by atoms with E-state index >= 15 is 0 Å². The van der Waals surface area contributed by atoms with Gasteiger partial charge in [-0.25, -0.2) is 0 Å². The fourth-order valence-electron chi connectivity index (χ4n) is 1.38. The first-order valence-electron chi connectivity index (χ1n) is 5.25. The number of rotatable bonds is 6. The maximum Gasteiger partial charge on any atom is 0.135 e. The highest BCUT2D eigenvalue weighted by Crippen LogP contribution is 2.00. The predicted molar refractivity (Wildman–Crippen MR) is 67.8 cm³/mol. The number of carbonyl (C=O) groups excluding carboxylic acids is 1. The average molecular weight is 226 g/mol. The quantitative estimate of drug-likeness (QED) is 0.505. The van der Waals surface area contributed by atoms with Gasteiger partial charge in [0.05, 0.1) is 5.71 Å². The molecule has 0 bridgehead atoms. The van der Waals surface area contributed by atoms with E-state index in [0.717, 1.165) is 11.4 Å². The summed E-state index contributed by atoms with van der Waals surface area (Å²) in [5.74, 6) is 0.123. The standard InChI is InChI=1S/C11H22N4O/c1-9(12-14(3)4)7-11(8-10(2)16)13-15(5)6/h7-8H2,1-6H3. The first-order valence-corrected chi connectivity index (χ1v) is 5.25. The van der Waals surface area contributed by atoms with Crippen LogP contribution in [0.1, 0.15) is 26.7 Å². The summed E-state index contributed by atoms with van der Waals surface area (Å²) in [7, 11) is 7.44. The Bertz CT molecular complexity index is 292. The normalized spacial score (nSPS) is 12.6. The molecule has 0 radical (unpaired) electrons. The van der Waals surface area contributed by atoms with Gasteiger partial charge in [-0.05, 0) is 13.8 Å². The van der Waals surface area contributed by atoms with Crippen LogP contribution in [-0.4, -0.2) is 55.4 Å². The maximum absolute atomic E-state index is 11.1. The third-order valence-electron chi connectivity index (χ3n) is 1.63.